The Morgan fingerprint density at radius 3 is 2.81 bits per heavy atom. The fourth-order valence-electron chi connectivity index (χ4n) is 3.38. The summed E-state index contributed by atoms with van der Waals surface area (Å²) < 4.78 is 0. The number of hydrogen-bond donors (Lipinski definition) is 2. The predicted molar refractivity (Wildman–Crippen MR) is 79.6 cm³/mol. The first-order chi connectivity index (χ1) is 10.1. The van der Waals surface area contributed by atoms with Gasteiger partial charge in [0.2, 0.25) is 11.8 Å². The second-order valence-corrected chi connectivity index (χ2v) is 5.89. The van der Waals surface area contributed by atoms with E-state index in [1.807, 2.05) is 18.2 Å². The van der Waals surface area contributed by atoms with Crippen LogP contribution in [0.3, 0.4) is 0 Å². The van der Waals surface area contributed by atoms with E-state index in [4.69, 9.17) is 0 Å². The van der Waals surface area contributed by atoms with Crippen LogP contribution in [0.15, 0.2) is 24.3 Å². The molecule has 2 aliphatic heterocycles. The van der Waals surface area contributed by atoms with Crippen molar-refractivity contribution in [3.05, 3.63) is 35.4 Å². The highest BCUT2D eigenvalue weighted by molar-refractivity contribution is 5.91. The quantitative estimate of drug-likeness (QED) is 0.830. The molecule has 1 spiro atoms. The summed E-state index contributed by atoms with van der Waals surface area (Å²) in [6.45, 7) is 1.49. The fourth-order valence-corrected chi connectivity index (χ4v) is 3.38. The van der Waals surface area contributed by atoms with Crippen LogP contribution in [0.1, 0.15) is 24.0 Å². The van der Waals surface area contributed by atoms with E-state index in [1.165, 1.54) is 5.56 Å². The second-order valence-electron chi connectivity index (χ2n) is 5.89. The van der Waals surface area contributed by atoms with Crippen molar-refractivity contribution in [2.45, 2.75) is 31.3 Å². The van der Waals surface area contributed by atoms with E-state index in [-0.39, 0.29) is 18.4 Å². The van der Waals surface area contributed by atoms with Crippen molar-refractivity contribution in [3.63, 3.8) is 0 Å². The van der Waals surface area contributed by atoms with Gasteiger partial charge in [-0.2, -0.15) is 0 Å². The minimum atomic E-state index is -0.527. The minimum absolute atomic E-state index is 0.0554. The Morgan fingerprint density at radius 1 is 1.38 bits per heavy atom. The fraction of sp³-hybridized carbons (Fsp3) is 0.500. The van der Waals surface area contributed by atoms with Gasteiger partial charge >= 0.3 is 0 Å². The lowest BCUT2D eigenvalue weighted by molar-refractivity contribution is -0.141. The normalized spacial score (nSPS) is 24.8. The number of benzene rings is 1. The van der Waals surface area contributed by atoms with Crippen LogP contribution in [-0.4, -0.2) is 42.4 Å². The SMILES string of the molecule is CNC(=O)CN1Cc2ccccc2CC2(CCCN2)C1=O. The number of likely N-dealkylation sites (N-methyl/N-ethyl adjacent to an activating group) is 1. The summed E-state index contributed by atoms with van der Waals surface area (Å²) in [7, 11) is 1.60. The van der Waals surface area contributed by atoms with Crippen molar-refractivity contribution < 1.29 is 9.59 Å². The van der Waals surface area contributed by atoms with Gasteiger partial charge in [-0.15, -0.1) is 0 Å². The molecule has 2 aliphatic rings. The van der Waals surface area contributed by atoms with E-state index in [0.29, 0.717) is 13.0 Å². The molecule has 2 heterocycles. The molecule has 1 unspecified atom stereocenters. The molecule has 1 fully saturated rings. The molecule has 2 amide bonds. The Kier molecular flexibility index (Phi) is 3.68. The summed E-state index contributed by atoms with van der Waals surface area (Å²) in [5.74, 6) is -0.0734. The maximum Gasteiger partial charge on any atom is 0.243 e. The van der Waals surface area contributed by atoms with Crippen LogP contribution < -0.4 is 10.6 Å². The van der Waals surface area contributed by atoms with Crippen molar-refractivity contribution in [1.82, 2.24) is 15.5 Å². The van der Waals surface area contributed by atoms with Crippen molar-refractivity contribution >= 4 is 11.8 Å². The number of carbonyl (C=O) groups is 2. The third-order valence-corrected chi connectivity index (χ3v) is 4.53. The summed E-state index contributed by atoms with van der Waals surface area (Å²) in [6, 6.07) is 8.14. The molecule has 3 rings (SSSR count). The molecule has 5 heteroatoms. The number of fused-ring (bicyclic) bond motifs is 1. The molecule has 0 bridgehead atoms. The highest BCUT2D eigenvalue weighted by atomic mass is 16.2. The summed E-state index contributed by atoms with van der Waals surface area (Å²) in [5.41, 5.74) is 1.82. The first-order valence-corrected chi connectivity index (χ1v) is 7.46. The number of amides is 2. The molecule has 1 aromatic carbocycles. The van der Waals surface area contributed by atoms with Crippen molar-refractivity contribution in [1.29, 1.82) is 0 Å². The van der Waals surface area contributed by atoms with Gasteiger partial charge in [0.15, 0.2) is 0 Å². The smallest absolute Gasteiger partial charge is 0.243 e. The number of nitrogens with zero attached hydrogens (tertiary/aromatic N) is 1. The highest BCUT2D eigenvalue weighted by Crippen LogP contribution is 2.31. The highest BCUT2D eigenvalue weighted by Gasteiger charge is 2.45. The molecular weight excluding hydrogens is 266 g/mol. The standard InChI is InChI=1S/C16H21N3O2/c1-17-14(20)11-19-10-13-6-3-2-5-12(13)9-16(15(19)21)7-4-8-18-16/h2-3,5-6,18H,4,7-11H2,1H3,(H,17,20). The summed E-state index contributed by atoms with van der Waals surface area (Å²) >= 11 is 0. The van der Waals surface area contributed by atoms with Crippen LogP contribution in [0.4, 0.5) is 0 Å². The summed E-state index contributed by atoms with van der Waals surface area (Å²) in [5, 5.41) is 6.00. The molecule has 1 saturated heterocycles. The first-order valence-electron chi connectivity index (χ1n) is 7.46. The molecule has 112 valence electrons. The molecular formula is C16H21N3O2. The Hall–Kier alpha value is -1.88. The summed E-state index contributed by atoms with van der Waals surface area (Å²) in [4.78, 5) is 26.4. The van der Waals surface area contributed by atoms with Crippen molar-refractivity contribution in [3.8, 4) is 0 Å². The molecule has 0 aliphatic carbocycles. The van der Waals surface area contributed by atoms with Crippen LogP contribution in [0.2, 0.25) is 0 Å². The van der Waals surface area contributed by atoms with E-state index < -0.39 is 5.54 Å². The van der Waals surface area contributed by atoms with Gasteiger partial charge in [-0.25, -0.2) is 0 Å². The van der Waals surface area contributed by atoms with Gasteiger partial charge in [-0.3, -0.25) is 9.59 Å². The van der Waals surface area contributed by atoms with E-state index in [9.17, 15) is 9.59 Å². The molecule has 1 aromatic rings. The zero-order chi connectivity index (χ0) is 14.9. The predicted octanol–water partition coefficient (Wildman–Crippen LogP) is 0.439. The molecule has 0 saturated carbocycles. The number of rotatable bonds is 2. The van der Waals surface area contributed by atoms with E-state index in [0.717, 1.165) is 24.9 Å². The average Bonchev–Trinajstić information content (AvgIpc) is 2.93. The third kappa shape index (κ3) is 2.53. The van der Waals surface area contributed by atoms with Crippen LogP contribution in [0, 0.1) is 0 Å². The van der Waals surface area contributed by atoms with Gasteiger partial charge < -0.3 is 15.5 Å². The molecule has 2 N–H and O–H groups in total. The molecule has 5 nitrogen and oxygen atoms in total. The maximum atomic E-state index is 13.0. The zero-order valence-corrected chi connectivity index (χ0v) is 12.3. The number of nitrogens with one attached hydrogen (secondary N) is 2. The number of carbonyl (C=O) groups excluding carboxylic acids is 2. The van der Waals surface area contributed by atoms with Gasteiger partial charge in [0.1, 0.15) is 5.54 Å². The van der Waals surface area contributed by atoms with Gasteiger partial charge in [-0.05, 0) is 36.9 Å². The molecule has 0 aromatic heterocycles. The average molecular weight is 287 g/mol. The Bertz CT molecular complexity index is 564. The lowest BCUT2D eigenvalue weighted by Crippen LogP contribution is -2.56. The Morgan fingerprint density at radius 2 is 2.14 bits per heavy atom. The van der Waals surface area contributed by atoms with Gasteiger partial charge in [0.25, 0.3) is 0 Å². The topological polar surface area (TPSA) is 61.4 Å². The van der Waals surface area contributed by atoms with Crippen LogP contribution >= 0.6 is 0 Å². The van der Waals surface area contributed by atoms with Gasteiger partial charge in [0.05, 0.1) is 6.54 Å². The van der Waals surface area contributed by atoms with E-state index >= 15 is 0 Å². The molecule has 21 heavy (non-hydrogen) atoms. The summed E-state index contributed by atoms with van der Waals surface area (Å²) in [6.07, 6.45) is 2.55. The lowest BCUT2D eigenvalue weighted by Gasteiger charge is -2.31. The second kappa shape index (κ2) is 5.48. The third-order valence-electron chi connectivity index (χ3n) is 4.53. The largest absolute Gasteiger partial charge is 0.358 e. The maximum absolute atomic E-state index is 13.0. The zero-order valence-electron chi connectivity index (χ0n) is 12.3. The van der Waals surface area contributed by atoms with Crippen LogP contribution in [0.25, 0.3) is 0 Å². The van der Waals surface area contributed by atoms with Crippen molar-refractivity contribution in [2.24, 2.45) is 0 Å². The van der Waals surface area contributed by atoms with E-state index in [1.54, 1.807) is 11.9 Å². The minimum Gasteiger partial charge on any atom is -0.358 e. The Labute approximate surface area is 124 Å². The monoisotopic (exact) mass is 287 g/mol. The molecule has 1 atom stereocenters. The van der Waals surface area contributed by atoms with Gasteiger partial charge in [0, 0.05) is 13.6 Å². The Balaban J connectivity index is 1.97. The number of hydrogen-bond acceptors (Lipinski definition) is 3. The van der Waals surface area contributed by atoms with Gasteiger partial charge in [-0.1, -0.05) is 24.3 Å². The van der Waals surface area contributed by atoms with Crippen LogP contribution in [0.5, 0.6) is 0 Å². The van der Waals surface area contributed by atoms with Crippen molar-refractivity contribution in [2.75, 3.05) is 20.1 Å². The van der Waals surface area contributed by atoms with Crippen LogP contribution in [-0.2, 0) is 22.6 Å². The first kappa shape index (κ1) is 14.1. The lowest BCUT2D eigenvalue weighted by atomic mass is 9.88. The van der Waals surface area contributed by atoms with E-state index in [2.05, 4.69) is 16.7 Å². The molecule has 0 radical (unpaired) electrons.